The number of ether oxygens (including phenoxy) is 1. The molecule has 0 aliphatic rings. The number of hydrogen-bond donors (Lipinski definition) is 3. The van der Waals surface area contributed by atoms with E-state index in [1.54, 1.807) is 38.3 Å². The van der Waals surface area contributed by atoms with Crippen molar-refractivity contribution < 1.29 is 19.4 Å². The van der Waals surface area contributed by atoms with Crippen LogP contribution in [-0.2, 0) is 4.79 Å². The first-order valence-electron chi connectivity index (χ1n) is 6.43. The molecule has 0 spiro atoms. The first kappa shape index (κ1) is 17.0. The van der Waals surface area contributed by atoms with Crippen LogP contribution in [0.15, 0.2) is 28.6 Å². The molecule has 1 heterocycles. The number of nitrogens with one attached hydrogen (secondary N) is 2. The Morgan fingerprint density at radius 1 is 1.26 bits per heavy atom. The summed E-state index contributed by atoms with van der Waals surface area (Å²) in [5.74, 6) is -0.244. The molecule has 1 aromatic carbocycles. The Labute approximate surface area is 140 Å². The molecule has 0 aliphatic heterocycles. The highest BCUT2D eigenvalue weighted by atomic mass is 32.2. The fourth-order valence-electron chi connectivity index (χ4n) is 1.44. The van der Waals surface area contributed by atoms with Gasteiger partial charge in [-0.15, -0.1) is 10.2 Å². The lowest BCUT2D eigenvalue weighted by atomic mass is 10.3. The number of aromatic nitrogens is 2. The Kier molecular flexibility index (Phi) is 5.77. The largest absolute Gasteiger partial charge is 0.497 e. The number of carboxylic acids is 1. The summed E-state index contributed by atoms with van der Waals surface area (Å²) in [6, 6.07) is 6.39. The molecule has 0 unspecified atom stereocenters. The number of carboxylic acid groups (broad SMARTS) is 1. The molecule has 23 heavy (non-hydrogen) atoms. The van der Waals surface area contributed by atoms with Crippen LogP contribution in [0, 0.1) is 0 Å². The first-order valence-corrected chi connectivity index (χ1v) is 8.12. The smallest absolute Gasteiger partial charge is 0.325 e. The van der Waals surface area contributed by atoms with Gasteiger partial charge < -0.3 is 15.2 Å². The Hall–Kier alpha value is -2.33. The summed E-state index contributed by atoms with van der Waals surface area (Å²) in [5, 5.41) is 21.3. The van der Waals surface area contributed by atoms with Crippen LogP contribution in [0.25, 0.3) is 0 Å². The third-order valence-corrected chi connectivity index (χ3v) is 4.61. The summed E-state index contributed by atoms with van der Waals surface area (Å²) in [6.45, 7) is 1.55. The molecule has 10 heteroatoms. The molecule has 0 bridgehead atoms. The Morgan fingerprint density at radius 3 is 2.57 bits per heavy atom. The maximum Gasteiger partial charge on any atom is 0.325 e. The standard InChI is InChI=1S/C13H14N4O4S2/c1-7(10(18)19)22-13-17-16-12(23-13)15-11(20)14-8-3-5-9(21-2)6-4-8/h3-7H,1-2H3,(H,18,19)(H2,14,15,16,20)/t7-/m1/s1. The lowest BCUT2D eigenvalue weighted by molar-refractivity contribution is -0.136. The van der Waals surface area contributed by atoms with E-state index in [1.165, 1.54) is 0 Å². The minimum atomic E-state index is -0.933. The molecule has 0 saturated carbocycles. The van der Waals surface area contributed by atoms with E-state index in [-0.39, 0.29) is 5.13 Å². The quantitative estimate of drug-likeness (QED) is 0.540. The van der Waals surface area contributed by atoms with E-state index >= 15 is 0 Å². The molecule has 0 saturated heterocycles. The van der Waals surface area contributed by atoms with Gasteiger partial charge in [0.25, 0.3) is 0 Å². The van der Waals surface area contributed by atoms with Gasteiger partial charge in [0, 0.05) is 5.69 Å². The van der Waals surface area contributed by atoms with Gasteiger partial charge in [-0.1, -0.05) is 23.1 Å². The monoisotopic (exact) mass is 354 g/mol. The number of benzene rings is 1. The van der Waals surface area contributed by atoms with Crippen LogP contribution in [0.5, 0.6) is 5.75 Å². The van der Waals surface area contributed by atoms with Crippen molar-refractivity contribution in [2.24, 2.45) is 0 Å². The highest BCUT2D eigenvalue weighted by Gasteiger charge is 2.16. The molecule has 0 radical (unpaired) electrons. The van der Waals surface area contributed by atoms with Gasteiger partial charge >= 0.3 is 12.0 Å². The van der Waals surface area contributed by atoms with Gasteiger partial charge in [0.05, 0.1) is 7.11 Å². The number of anilines is 2. The Balaban J connectivity index is 1.90. The molecule has 1 aromatic heterocycles. The van der Waals surface area contributed by atoms with Gasteiger partial charge in [-0.05, 0) is 31.2 Å². The SMILES string of the molecule is COc1ccc(NC(=O)Nc2nnc(S[C@H](C)C(=O)O)s2)cc1. The fourth-order valence-corrected chi connectivity index (χ4v) is 3.27. The zero-order valence-electron chi connectivity index (χ0n) is 12.3. The summed E-state index contributed by atoms with van der Waals surface area (Å²) in [6.07, 6.45) is 0. The number of rotatable bonds is 6. The predicted molar refractivity (Wildman–Crippen MR) is 88.5 cm³/mol. The van der Waals surface area contributed by atoms with E-state index in [2.05, 4.69) is 20.8 Å². The normalized spacial score (nSPS) is 11.6. The van der Waals surface area contributed by atoms with E-state index in [9.17, 15) is 9.59 Å². The van der Waals surface area contributed by atoms with Gasteiger partial charge in [0.15, 0.2) is 4.34 Å². The molecule has 3 N–H and O–H groups in total. The molecule has 2 rings (SSSR count). The van der Waals surface area contributed by atoms with E-state index in [1.807, 2.05) is 0 Å². The summed E-state index contributed by atoms with van der Waals surface area (Å²) in [5.41, 5.74) is 0.599. The van der Waals surface area contributed by atoms with E-state index < -0.39 is 17.3 Å². The highest BCUT2D eigenvalue weighted by Crippen LogP contribution is 2.29. The van der Waals surface area contributed by atoms with Crippen molar-refractivity contribution in [3.63, 3.8) is 0 Å². The zero-order chi connectivity index (χ0) is 16.8. The summed E-state index contributed by atoms with van der Waals surface area (Å²) < 4.78 is 5.50. The number of hydrogen-bond acceptors (Lipinski definition) is 7. The number of thioether (sulfide) groups is 1. The fraction of sp³-hybridized carbons (Fsp3) is 0.231. The average molecular weight is 354 g/mol. The van der Waals surface area contributed by atoms with Crippen LogP contribution in [0.1, 0.15) is 6.92 Å². The van der Waals surface area contributed by atoms with Crippen LogP contribution in [0.4, 0.5) is 15.6 Å². The third-order valence-electron chi connectivity index (χ3n) is 2.60. The molecular formula is C13H14N4O4S2. The highest BCUT2D eigenvalue weighted by molar-refractivity contribution is 8.02. The topological polar surface area (TPSA) is 113 Å². The number of amides is 2. The van der Waals surface area contributed by atoms with Crippen molar-refractivity contribution in [2.45, 2.75) is 16.5 Å². The van der Waals surface area contributed by atoms with Gasteiger partial charge in [-0.3, -0.25) is 10.1 Å². The van der Waals surface area contributed by atoms with Crippen LogP contribution in [0.3, 0.4) is 0 Å². The second-order valence-corrected chi connectivity index (χ2v) is 6.84. The van der Waals surface area contributed by atoms with E-state index in [0.717, 1.165) is 23.1 Å². The van der Waals surface area contributed by atoms with Gasteiger partial charge in [-0.25, -0.2) is 4.79 Å². The molecule has 2 amide bonds. The number of aliphatic carboxylic acids is 1. The minimum absolute atomic E-state index is 0.288. The number of nitrogens with zero attached hydrogens (tertiary/aromatic N) is 2. The van der Waals surface area contributed by atoms with Gasteiger partial charge in [0.2, 0.25) is 5.13 Å². The van der Waals surface area contributed by atoms with Gasteiger partial charge in [0.1, 0.15) is 11.0 Å². The van der Waals surface area contributed by atoms with Crippen LogP contribution >= 0.6 is 23.1 Å². The maximum atomic E-state index is 11.9. The van der Waals surface area contributed by atoms with Crippen molar-refractivity contribution in [3.05, 3.63) is 24.3 Å². The molecule has 2 aromatic rings. The predicted octanol–water partition coefficient (Wildman–Crippen LogP) is 2.76. The molecular weight excluding hydrogens is 340 g/mol. The Morgan fingerprint density at radius 2 is 1.96 bits per heavy atom. The molecule has 0 aliphatic carbocycles. The van der Waals surface area contributed by atoms with E-state index in [4.69, 9.17) is 9.84 Å². The van der Waals surface area contributed by atoms with Crippen LogP contribution in [0.2, 0.25) is 0 Å². The molecule has 122 valence electrons. The van der Waals surface area contributed by atoms with Crippen LogP contribution in [-0.4, -0.2) is 39.7 Å². The number of urea groups is 1. The number of carbonyl (C=O) groups excluding carboxylic acids is 1. The third kappa shape index (κ3) is 5.11. The summed E-state index contributed by atoms with van der Waals surface area (Å²) in [4.78, 5) is 22.6. The molecule has 0 fully saturated rings. The van der Waals surface area contributed by atoms with Crippen molar-refractivity contribution >= 4 is 45.9 Å². The first-order chi connectivity index (χ1) is 11.0. The summed E-state index contributed by atoms with van der Waals surface area (Å²) in [7, 11) is 1.56. The maximum absolute atomic E-state index is 11.9. The van der Waals surface area contributed by atoms with Crippen LogP contribution < -0.4 is 15.4 Å². The van der Waals surface area contributed by atoms with Crippen molar-refractivity contribution in [1.82, 2.24) is 10.2 Å². The average Bonchev–Trinajstić information content (AvgIpc) is 2.94. The second kappa shape index (κ2) is 7.79. The minimum Gasteiger partial charge on any atom is -0.497 e. The lowest BCUT2D eigenvalue weighted by Gasteiger charge is -2.06. The molecule has 8 nitrogen and oxygen atoms in total. The van der Waals surface area contributed by atoms with E-state index in [0.29, 0.717) is 15.8 Å². The lowest BCUT2D eigenvalue weighted by Crippen LogP contribution is -2.19. The van der Waals surface area contributed by atoms with Gasteiger partial charge in [-0.2, -0.15) is 0 Å². The number of methoxy groups -OCH3 is 1. The Bertz CT molecular complexity index is 690. The number of carbonyl (C=O) groups is 2. The second-order valence-electron chi connectivity index (χ2n) is 4.28. The zero-order valence-corrected chi connectivity index (χ0v) is 13.9. The van der Waals surface area contributed by atoms with Crippen molar-refractivity contribution in [3.8, 4) is 5.75 Å². The van der Waals surface area contributed by atoms with Crippen molar-refractivity contribution in [2.75, 3.05) is 17.7 Å². The summed E-state index contributed by atoms with van der Waals surface area (Å²) >= 11 is 2.18. The molecule has 1 atom stereocenters. The van der Waals surface area contributed by atoms with Crippen molar-refractivity contribution in [1.29, 1.82) is 0 Å².